The molecule has 2 atom stereocenters. The number of nitrogens with one attached hydrogen (secondary N) is 1. The molecule has 4 heterocycles. The maximum absolute atomic E-state index is 14.3. The van der Waals surface area contributed by atoms with Gasteiger partial charge in [-0.05, 0) is 37.4 Å². The third-order valence-corrected chi connectivity index (χ3v) is 5.41. The van der Waals surface area contributed by atoms with Gasteiger partial charge in [0.25, 0.3) is 0 Å². The first-order chi connectivity index (χ1) is 12.3. The second-order valence-electron chi connectivity index (χ2n) is 6.95. The van der Waals surface area contributed by atoms with E-state index < -0.39 is 0 Å². The average molecular weight is 337 g/mol. The lowest BCUT2D eigenvalue weighted by molar-refractivity contribution is 0.340. The van der Waals surface area contributed by atoms with Crippen molar-refractivity contribution in [3.05, 3.63) is 48.4 Å². The Morgan fingerprint density at radius 1 is 1.16 bits per heavy atom. The lowest BCUT2D eigenvalue weighted by Crippen LogP contribution is -2.40. The number of nitrogens with zero attached hydrogens (tertiary/aromatic N) is 4. The van der Waals surface area contributed by atoms with Crippen LogP contribution in [0.25, 0.3) is 16.9 Å². The number of anilines is 1. The van der Waals surface area contributed by atoms with Crippen LogP contribution in [0.15, 0.2) is 42.6 Å². The molecule has 0 bridgehead atoms. The van der Waals surface area contributed by atoms with Crippen LogP contribution in [0.4, 0.5) is 10.2 Å². The van der Waals surface area contributed by atoms with Gasteiger partial charge in [-0.1, -0.05) is 12.1 Å². The standard InChI is InChI=1S/C19H20FN5/c20-15-6-2-1-5-14(15)16-10-19(25-18(23-16)7-9-22-25)24-11-13-4-3-8-21-17(13)12-24/h1-2,5-7,9-10,13,17,21H,3-4,8,11-12H2/t13-,17+/m0/s1. The normalized spacial score (nSPS) is 23.2. The Hall–Kier alpha value is -2.47. The Morgan fingerprint density at radius 3 is 2.96 bits per heavy atom. The number of piperidine rings is 1. The van der Waals surface area contributed by atoms with Gasteiger partial charge in [-0.3, -0.25) is 0 Å². The zero-order valence-electron chi connectivity index (χ0n) is 13.9. The van der Waals surface area contributed by atoms with E-state index in [1.54, 1.807) is 18.3 Å². The molecule has 5 rings (SSSR count). The lowest BCUT2D eigenvalue weighted by atomic mass is 9.94. The van der Waals surface area contributed by atoms with Crippen molar-refractivity contribution in [2.24, 2.45) is 5.92 Å². The molecule has 0 saturated carbocycles. The van der Waals surface area contributed by atoms with Crippen LogP contribution in [0.3, 0.4) is 0 Å². The Balaban J connectivity index is 1.60. The molecule has 2 aliphatic rings. The molecule has 5 nitrogen and oxygen atoms in total. The molecular weight excluding hydrogens is 317 g/mol. The van der Waals surface area contributed by atoms with Gasteiger partial charge in [0.05, 0.1) is 11.9 Å². The van der Waals surface area contributed by atoms with Crippen LogP contribution in [0.5, 0.6) is 0 Å². The van der Waals surface area contributed by atoms with Crippen LogP contribution < -0.4 is 10.2 Å². The van der Waals surface area contributed by atoms with E-state index in [9.17, 15) is 4.39 Å². The topological polar surface area (TPSA) is 45.5 Å². The lowest BCUT2D eigenvalue weighted by Gasteiger charge is -2.24. The highest BCUT2D eigenvalue weighted by atomic mass is 19.1. The Kier molecular flexibility index (Phi) is 3.45. The van der Waals surface area contributed by atoms with E-state index in [-0.39, 0.29) is 5.82 Å². The molecule has 1 aromatic carbocycles. The number of hydrogen-bond acceptors (Lipinski definition) is 4. The van der Waals surface area contributed by atoms with Crippen molar-refractivity contribution in [3.8, 4) is 11.3 Å². The van der Waals surface area contributed by atoms with Gasteiger partial charge < -0.3 is 10.2 Å². The molecule has 2 aliphatic heterocycles. The van der Waals surface area contributed by atoms with E-state index in [1.807, 2.05) is 22.7 Å². The zero-order chi connectivity index (χ0) is 16.8. The van der Waals surface area contributed by atoms with Crippen molar-refractivity contribution in [1.29, 1.82) is 0 Å². The number of aromatic nitrogens is 3. The maximum Gasteiger partial charge on any atom is 0.157 e. The van der Waals surface area contributed by atoms with Gasteiger partial charge in [0.1, 0.15) is 11.6 Å². The van der Waals surface area contributed by atoms with Gasteiger partial charge in [0, 0.05) is 36.8 Å². The minimum atomic E-state index is -0.249. The van der Waals surface area contributed by atoms with Crippen molar-refractivity contribution in [1.82, 2.24) is 19.9 Å². The summed E-state index contributed by atoms with van der Waals surface area (Å²) in [5.41, 5.74) is 1.93. The molecular formula is C19H20FN5. The summed E-state index contributed by atoms with van der Waals surface area (Å²) in [4.78, 5) is 6.97. The summed E-state index contributed by atoms with van der Waals surface area (Å²) in [5.74, 6) is 1.41. The summed E-state index contributed by atoms with van der Waals surface area (Å²) in [7, 11) is 0. The van der Waals surface area contributed by atoms with Crippen LogP contribution >= 0.6 is 0 Å². The number of halogens is 1. The fourth-order valence-corrected chi connectivity index (χ4v) is 4.16. The smallest absolute Gasteiger partial charge is 0.157 e. The van der Waals surface area contributed by atoms with E-state index >= 15 is 0 Å². The molecule has 1 N–H and O–H groups in total. The van der Waals surface area contributed by atoms with Crippen LogP contribution in [0, 0.1) is 11.7 Å². The van der Waals surface area contributed by atoms with Gasteiger partial charge in [0.2, 0.25) is 0 Å². The Bertz CT molecular complexity index is 907. The van der Waals surface area contributed by atoms with E-state index in [1.165, 1.54) is 18.9 Å². The number of hydrogen-bond donors (Lipinski definition) is 1. The summed E-state index contributed by atoms with van der Waals surface area (Å²) in [6.45, 7) is 3.07. The first kappa shape index (κ1) is 14.8. The Morgan fingerprint density at radius 2 is 2.08 bits per heavy atom. The zero-order valence-corrected chi connectivity index (χ0v) is 13.9. The molecule has 25 heavy (non-hydrogen) atoms. The van der Waals surface area contributed by atoms with Crippen molar-refractivity contribution in [2.75, 3.05) is 24.5 Å². The van der Waals surface area contributed by atoms with E-state index in [0.717, 1.165) is 31.1 Å². The fourth-order valence-electron chi connectivity index (χ4n) is 4.16. The number of fused-ring (bicyclic) bond motifs is 2. The van der Waals surface area contributed by atoms with Gasteiger partial charge in [-0.2, -0.15) is 9.61 Å². The highest BCUT2D eigenvalue weighted by Gasteiger charge is 2.35. The van der Waals surface area contributed by atoms with Gasteiger partial charge >= 0.3 is 0 Å². The fraction of sp³-hybridized carbons (Fsp3) is 0.368. The predicted octanol–water partition coefficient (Wildman–Crippen LogP) is 2.72. The molecule has 3 aromatic rings. The number of benzene rings is 1. The largest absolute Gasteiger partial charge is 0.355 e. The number of rotatable bonds is 2. The third-order valence-electron chi connectivity index (χ3n) is 5.41. The van der Waals surface area contributed by atoms with Gasteiger partial charge in [0.15, 0.2) is 5.65 Å². The highest BCUT2D eigenvalue weighted by molar-refractivity contribution is 5.67. The summed E-state index contributed by atoms with van der Waals surface area (Å²) < 4.78 is 16.1. The molecule has 6 heteroatoms. The van der Waals surface area contributed by atoms with Crippen LogP contribution in [-0.2, 0) is 0 Å². The summed E-state index contributed by atoms with van der Waals surface area (Å²) in [6, 6.07) is 11.2. The molecule has 0 radical (unpaired) electrons. The SMILES string of the molecule is Fc1ccccc1-c1cc(N2C[C@@H]3CCCN[C@@H]3C2)n2nccc2n1. The monoisotopic (exact) mass is 337 g/mol. The predicted molar refractivity (Wildman–Crippen MR) is 95.1 cm³/mol. The average Bonchev–Trinajstić information content (AvgIpc) is 3.27. The third kappa shape index (κ3) is 2.48. The van der Waals surface area contributed by atoms with Gasteiger partial charge in [-0.25, -0.2) is 9.37 Å². The van der Waals surface area contributed by atoms with Crippen LogP contribution in [0.2, 0.25) is 0 Å². The van der Waals surface area contributed by atoms with E-state index in [4.69, 9.17) is 0 Å². The quantitative estimate of drug-likeness (QED) is 0.781. The van der Waals surface area contributed by atoms with E-state index in [2.05, 4.69) is 20.3 Å². The molecule has 0 amide bonds. The molecule has 2 saturated heterocycles. The minimum Gasteiger partial charge on any atom is -0.355 e. The Labute approximate surface area is 145 Å². The highest BCUT2D eigenvalue weighted by Crippen LogP contribution is 2.32. The first-order valence-corrected chi connectivity index (χ1v) is 8.87. The van der Waals surface area contributed by atoms with Crippen molar-refractivity contribution in [3.63, 3.8) is 0 Å². The molecule has 0 unspecified atom stereocenters. The van der Waals surface area contributed by atoms with Gasteiger partial charge in [-0.15, -0.1) is 0 Å². The van der Waals surface area contributed by atoms with Crippen molar-refractivity contribution in [2.45, 2.75) is 18.9 Å². The molecule has 128 valence electrons. The summed E-state index contributed by atoms with van der Waals surface area (Å²) >= 11 is 0. The molecule has 0 aliphatic carbocycles. The maximum atomic E-state index is 14.3. The second kappa shape index (κ2) is 5.81. The molecule has 0 spiro atoms. The minimum absolute atomic E-state index is 0.249. The summed E-state index contributed by atoms with van der Waals surface area (Å²) in [6.07, 6.45) is 4.25. The van der Waals surface area contributed by atoms with Crippen LogP contribution in [-0.4, -0.2) is 40.3 Å². The molecule has 2 fully saturated rings. The first-order valence-electron chi connectivity index (χ1n) is 8.87. The second-order valence-corrected chi connectivity index (χ2v) is 6.95. The van der Waals surface area contributed by atoms with Crippen molar-refractivity contribution < 1.29 is 4.39 Å². The van der Waals surface area contributed by atoms with Crippen LogP contribution in [0.1, 0.15) is 12.8 Å². The summed E-state index contributed by atoms with van der Waals surface area (Å²) in [5, 5.41) is 8.07. The van der Waals surface area contributed by atoms with E-state index in [0.29, 0.717) is 23.2 Å². The molecule has 2 aromatic heterocycles. The van der Waals surface area contributed by atoms with Crippen molar-refractivity contribution >= 4 is 11.5 Å².